The standard InChI is InChI=1S/C6H5N3O5/c10-6(11)3-1-2-7-5(8-12)4(3)9(13)14/h1-2,12H,(H,7,8)(H,10,11). The minimum absolute atomic E-state index is 0.505. The summed E-state index contributed by atoms with van der Waals surface area (Å²) in [6.45, 7) is 0. The molecule has 0 fully saturated rings. The first-order chi connectivity index (χ1) is 6.57. The third-order valence-electron chi connectivity index (χ3n) is 1.44. The van der Waals surface area contributed by atoms with Crippen LogP contribution in [0, 0.1) is 10.1 Å². The second kappa shape index (κ2) is 3.66. The Kier molecular flexibility index (Phi) is 2.58. The molecular formula is C6H5N3O5. The van der Waals surface area contributed by atoms with Crippen molar-refractivity contribution in [2.75, 3.05) is 5.48 Å². The Hall–Kier alpha value is -2.22. The van der Waals surface area contributed by atoms with E-state index in [1.54, 1.807) is 0 Å². The van der Waals surface area contributed by atoms with Crippen LogP contribution in [-0.4, -0.2) is 26.2 Å². The van der Waals surface area contributed by atoms with E-state index in [0.717, 1.165) is 12.3 Å². The van der Waals surface area contributed by atoms with Gasteiger partial charge in [-0.1, -0.05) is 0 Å². The van der Waals surface area contributed by atoms with Gasteiger partial charge >= 0.3 is 11.7 Å². The van der Waals surface area contributed by atoms with E-state index < -0.39 is 28.0 Å². The number of hydrogen-bond donors (Lipinski definition) is 3. The number of hydrogen-bond acceptors (Lipinski definition) is 6. The molecule has 1 heterocycles. The summed E-state index contributed by atoms with van der Waals surface area (Å²) in [6.07, 6.45) is 1.04. The number of carboxylic acids is 1. The van der Waals surface area contributed by atoms with Crippen LogP contribution in [0.2, 0.25) is 0 Å². The van der Waals surface area contributed by atoms with Gasteiger partial charge in [0.25, 0.3) is 0 Å². The van der Waals surface area contributed by atoms with Gasteiger partial charge in [0.2, 0.25) is 5.82 Å². The molecule has 0 spiro atoms. The predicted molar refractivity (Wildman–Crippen MR) is 43.3 cm³/mol. The largest absolute Gasteiger partial charge is 0.477 e. The lowest BCUT2D eigenvalue weighted by Gasteiger charge is -2.01. The van der Waals surface area contributed by atoms with Gasteiger partial charge in [-0.3, -0.25) is 15.3 Å². The average Bonchev–Trinajstić information content (AvgIpc) is 2.16. The highest BCUT2D eigenvalue weighted by atomic mass is 16.6. The summed E-state index contributed by atoms with van der Waals surface area (Å²) in [5.41, 5.74) is 0.140. The topological polar surface area (TPSA) is 126 Å². The molecule has 74 valence electrons. The summed E-state index contributed by atoms with van der Waals surface area (Å²) >= 11 is 0. The number of carboxylic acid groups (broad SMARTS) is 1. The number of nitrogens with one attached hydrogen (secondary N) is 1. The molecule has 0 radical (unpaired) electrons. The Morgan fingerprint density at radius 3 is 2.71 bits per heavy atom. The fraction of sp³-hybridized carbons (Fsp3) is 0. The van der Waals surface area contributed by atoms with Crippen LogP contribution in [0.1, 0.15) is 10.4 Å². The second-order valence-electron chi connectivity index (χ2n) is 2.23. The molecule has 0 bridgehead atoms. The lowest BCUT2D eigenvalue weighted by molar-refractivity contribution is -0.384. The van der Waals surface area contributed by atoms with Gasteiger partial charge in [0.15, 0.2) is 0 Å². The highest BCUT2D eigenvalue weighted by molar-refractivity contribution is 5.94. The van der Waals surface area contributed by atoms with Crippen molar-refractivity contribution in [3.05, 3.63) is 27.9 Å². The van der Waals surface area contributed by atoms with Gasteiger partial charge in [0, 0.05) is 6.20 Å². The Bertz CT molecular complexity index is 391. The minimum Gasteiger partial charge on any atom is -0.477 e. The third kappa shape index (κ3) is 1.59. The van der Waals surface area contributed by atoms with Crippen molar-refractivity contribution in [2.45, 2.75) is 0 Å². The quantitative estimate of drug-likeness (QED) is 0.477. The maximum absolute atomic E-state index is 10.6. The van der Waals surface area contributed by atoms with E-state index in [2.05, 4.69) is 4.98 Å². The van der Waals surface area contributed by atoms with Crippen LogP contribution in [0.3, 0.4) is 0 Å². The molecule has 0 atom stereocenters. The van der Waals surface area contributed by atoms with Crippen molar-refractivity contribution < 1.29 is 20.0 Å². The van der Waals surface area contributed by atoms with E-state index in [-0.39, 0.29) is 0 Å². The number of nitrogens with zero attached hydrogens (tertiary/aromatic N) is 2. The van der Waals surface area contributed by atoms with E-state index in [1.807, 2.05) is 0 Å². The molecule has 8 heteroatoms. The van der Waals surface area contributed by atoms with E-state index >= 15 is 0 Å². The molecule has 0 aliphatic heterocycles. The molecule has 0 saturated heterocycles. The maximum Gasteiger partial charge on any atom is 0.342 e. The Labute approximate surface area is 76.9 Å². The van der Waals surface area contributed by atoms with Crippen LogP contribution in [0.5, 0.6) is 0 Å². The zero-order valence-corrected chi connectivity index (χ0v) is 6.67. The molecule has 0 unspecified atom stereocenters. The lowest BCUT2D eigenvalue weighted by atomic mass is 10.2. The van der Waals surface area contributed by atoms with Crippen molar-refractivity contribution in [2.24, 2.45) is 0 Å². The molecule has 1 aromatic heterocycles. The molecule has 0 aromatic carbocycles. The lowest BCUT2D eigenvalue weighted by Crippen LogP contribution is -2.07. The number of pyridine rings is 1. The number of anilines is 1. The molecule has 0 amide bonds. The first-order valence-corrected chi connectivity index (χ1v) is 3.34. The second-order valence-corrected chi connectivity index (χ2v) is 2.23. The number of aromatic carboxylic acids is 1. The van der Waals surface area contributed by atoms with Gasteiger partial charge in [-0.15, -0.1) is 0 Å². The number of carbonyl (C=O) groups is 1. The van der Waals surface area contributed by atoms with Crippen molar-refractivity contribution >= 4 is 17.5 Å². The smallest absolute Gasteiger partial charge is 0.342 e. The molecule has 14 heavy (non-hydrogen) atoms. The first kappa shape index (κ1) is 9.86. The zero-order chi connectivity index (χ0) is 10.7. The number of nitro groups is 1. The van der Waals surface area contributed by atoms with Crippen LogP contribution in [0.15, 0.2) is 12.3 Å². The van der Waals surface area contributed by atoms with Crippen molar-refractivity contribution in [3.8, 4) is 0 Å². The van der Waals surface area contributed by atoms with Crippen LogP contribution >= 0.6 is 0 Å². The maximum atomic E-state index is 10.6. The van der Waals surface area contributed by atoms with Gasteiger partial charge in [-0.25, -0.2) is 15.3 Å². The fourth-order valence-electron chi connectivity index (χ4n) is 0.893. The summed E-state index contributed by atoms with van der Waals surface area (Å²) in [7, 11) is 0. The monoisotopic (exact) mass is 199 g/mol. The highest BCUT2D eigenvalue weighted by Crippen LogP contribution is 2.25. The summed E-state index contributed by atoms with van der Waals surface area (Å²) in [6, 6.07) is 0.974. The summed E-state index contributed by atoms with van der Waals surface area (Å²) in [5, 5.41) is 27.5. The van der Waals surface area contributed by atoms with E-state index in [0.29, 0.717) is 0 Å². The SMILES string of the molecule is O=C(O)c1ccnc(NO)c1[N+](=O)[O-]. The van der Waals surface area contributed by atoms with Gasteiger partial charge in [0.05, 0.1) is 4.92 Å². The van der Waals surface area contributed by atoms with Crippen molar-refractivity contribution in [1.29, 1.82) is 0 Å². The van der Waals surface area contributed by atoms with Crippen LogP contribution in [0.4, 0.5) is 11.5 Å². The van der Waals surface area contributed by atoms with Crippen LogP contribution < -0.4 is 5.48 Å². The molecule has 0 saturated carbocycles. The summed E-state index contributed by atoms with van der Waals surface area (Å²) in [4.78, 5) is 23.5. The zero-order valence-electron chi connectivity index (χ0n) is 6.67. The van der Waals surface area contributed by atoms with Crippen molar-refractivity contribution in [1.82, 2.24) is 4.98 Å². The normalized spacial score (nSPS) is 9.50. The average molecular weight is 199 g/mol. The molecule has 0 aliphatic carbocycles. The number of rotatable bonds is 3. The predicted octanol–water partition coefficient (Wildman–Crippen LogP) is 0.489. The molecule has 3 N–H and O–H groups in total. The third-order valence-corrected chi connectivity index (χ3v) is 1.44. The molecule has 0 aliphatic rings. The van der Waals surface area contributed by atoms with Gasteiger partial charge in [-0.2, -0.15) is 0 Å². The van der Waals surface area contributed by atoms with Crippen molar-refractivity contribution in [3.63, 3.8) is 0 Å². The van der Waals surface area contributed by atoms with E-state index in [4.69, 9.17) is 10.3 Å². The van der Waals surface area contributed by atoms with Crippen LogP contribution in [-0.2, 0) is 0 Å². The summed E-state index contributed by atoms with van der Waals surface area (Å²) < 4.78 is 0. The van der Waals surface area contributed by atoms with Gasteiger partial charge < -0.3 is 5.11 Å². The van der Waals surface area contributed by atoms with E-state index in [1.165, 1.54) is 5.48 Å². The molecule has 1 rings (SSSR count). The van der Waals surface area contributed by atoms with E-state index in [9.17, 15) is 14.9 Å². The molecule has 1 aromatic rings. The van der Waals surface area contributed by atoms with Crippen LogP contribution in [0.25, 0.3) is 0 Å². The Morgan fingerprint density at radius 2 is 2.29 bits per heavy atom. The van der Waals surface area contributed by atoms with Gasteiger partial charge in [0.1, 0.15) is 5.56 Å². The fourth-order valence-corrected chi connectivity index (χ4v) is 0.893. The summed E-state index contributed by atoms with van der Waals surface area (Å²) in [5.74, 6) is -1.97. The number of aromatic nitrogens is 1. The Balaban J connectivity index is 3.43. The molecular weight excluding hydrogens is 194 g/mol. The Morgan fingerprint density at radius 1 is 1.64 bits per heavy atom. The highest BCUT2D eigenvalue weighted by Gasteiger charge is 2.25. The minimum atomic E-state index is -1.46. The molecule has 8 nitrogen and oxygen atoms in total. The van der Waals surface area contributed by atoms with Gasteiger partial charge in [-0.05, 0) is 6.07 Å². The first-order valence-electron chi connectivity index (χ1n) is 3.34.